The van der Waals surface area contributed by atoms with Crippen LogP contribution in [0.2, 0.25) is 0 Å². The second-order valence-corrected chi connectivity index (χ2v) is 7.02. The number of amides is 1. The van der Waals surface area contributed by atoms with E-state index in [0.29, 0.717) is 4.24 Å². The van der Waals surface area contributed by atoms with Gasteiger partial charge in [-0.25, -0.2) is 4.79 Å². The highest BCUT2D eigenvalue weighted by Gasteiger charge is 2.57. The summed E-state index contributed by atoms with van der Waals surface area (Å²) in [7, 11) is 0. The van der Waals surface area contributed by atoms with Crippen molar-refractivity contribution in [1.29, 1.82) is 0 Å². The Balaban J connectivity index is 2.27. The van der Waals surface area contributed by atoms with E-state index in [1.54, 1.807) is 6.92 Å². The van der Waals surface area contributed by atoms with Crippen LogP contribution < -0.4 is 5.73 Å². The lowest BCUT2D eigenvalue weighted by molar-refractivity contribution is -0.156. The minimum Gasteiger partial charge on any atom is -0.477 e. The maximum absolute atomic E-state index is 11.8. The van der Waals surface area contributed by atoms with Crippen molar-refractivity contribution in [2.45, 2.75) is 30.7 Å². The van der Waals surface area contributed by atoms with Gasteiger partial charge >= 0.3 is 5.97 Å². The number of carboxylic acid groups (broad SMARTS) is 1. The van der Waals surface area contributed by atoms with E-state index < -0.39 is 18.0 Å². The molecular formula is C10H14N2O4S2. The van der Waals surface area contributed by atoms with Crippen LogP contribution in [-0.4, -0.2) is 43.8 Å². The summed E-state index contributed by atoms with van der Waals surface area (Å²) < 4.78 is 0.541. The van der Waals surface area contributed by atoms with E-state index >= 15 is 0 Å². The SMILES string of the molecule is CC(N)SC1=C(C(=O)O)N2C(=O)C(C(C)O)[C@H]2S1. The molecule has 6 nitrogen and oxygen atoms in total. The zero-order valence-corrected chi connectivity index (χ0v) is 11.5. The van der Waals surface area contributed by atoms with Crippen molar-refractivity contribution in [3.05, 3.63) is 9.93 Å². The highest BCUT2D eigenvalue weighted by atomic mass is 32.2. The smallest absolute Gasteiger partial charge is 0.354 e. The number of nitrogens with two attached hydrogens (primary N) is 1. The molecule has 2 aliphatic rings. The summed E-state index contributed by atoms with van der Waals surface area (Å²) in [6.07, 6.45) is -0.777. The maximum Gasteiger partial charge on any atom is 0.354 e. The fourth-order valence-corrected chi connectivity index (χ4v) is 4.93. The summed E-state index contributed by atoms with van der Waals surface area (Å²) in [5, 5.41) is 18.1. The van der Waals surface area contributed by atoms with Gasteiger partial charge in [0.25, 0.3) is 0 Å². The van der Waals surface area contributed by atoms with Crippen molar-refractivity contribution >= 4 is 35.4 Å². The highest BCUT2D eigenvalue weighted by molar-refractivity contribution is 8.23. The third kappa shape index (κ3) is 2.03. The summed E-state index contributed by atoms with van der Waals surface area (Å²) in [4.78, 5) is 24.3. The topological polar surface area (TPSA) is 104 Å². The largest absolute Gasteiger partial charge is 0.477 e. The minimum absolute atomic E-state index is 0.00537. The van der Waals surface area contributed by atoms with Gasteiger partial charge in [-0.05, 0) is 13.8 Å². The molecule has 0 spiro atoms. The minimum atomic E-state index is -1.13. The molecular weight excluding hydrogens is 276 g/mol. The number of aliphatic hydroxyl groups is 1. The summed E-state index contributed by atoms with van der Waals surface area (Å²) >= 11 is 2.52. The zero-order chi connectivity index (χ0) is 13.6. The molecule has 0 aliphatic carbocycles. The number of carbonyl (C=O) groups excluding carboxylic acids is 1. The van der Waals surface area contributed by atoms with E-state index in [0.717, 1.165) is 0 Å². The van der Waals surface area contributed by atoms with E-state index in [9.17, 15) is 19.8 Å². The van der Waals surface area contributed by atoms with Gasteiger partial charge in [0, 0.05) is 0 Å². The van der Waals surface area contributed by atoms with Gasteiger partial charge < -0.3 is 15.9 Å². The van der Waals surface area contributed by atoms with Crippen LogP contribution in [0.3, 0.4) is 0 Å². The monoisotopic (exact) mass is 290 g/mol. The predicted molar refractivity (Wildman–Crippen MR) is 69.3 cm³/mol. The number of hydrogen-bond donors (Lipinski definition) is 3. The van der Waals surface area contributed by atoms with Crippen molar-refractivity contribution in [3.8, 4) is 0 Å². The molecule has 2 heterocycles. The molecule has 0 radical (unpaired) electrons. The maximum atomic E-state index is 11.8. The number of fused-ring (bicyclic) bond motifs is 1. The van der Waals surface area contributed by atoms with E-state index in [1.807, 2.05) is 0 Å². The van der Waals surface area contributed by atoms with Crippen molar-refractivity contribution in [2.24, 2.45) is 11.7 Å². The van der Waals surface area contributed by atoms with Gasteiger partial charge in [0.2, 0.25) is 5.91 Å². The van der Waals surface area contributed by atoms with Gasteiger partial charge in [0.1, 0.15) is 5.37 Å². The van der Waals surface area contributed by atoms with Crippen LogP contribution in [0.1, 0.15) is 13.8 Å². The quantitative estimate of drug-likeness (QED) is 0.501. The third-order valence-corrected chi connectivity index (χ3v) is 5.27. The molecule has 0 bridgehead atoms. The van der Waals surface area contributed by atoms with Crippen LogP contribution in [0, 0.1) is 5.92 Å². The van der Waals surface area contributed by atoms with E-state index in [2.05, 4.69) is 0 Å². The van der Waals surface area contributed by atoms with Gasteiger partial charge in [0.15, 0.2) is 5.70 Å². The number of carbonyl (C=O) groups is 2. The molecule has 18 heavy (non-hydrogen) atoms. The molecule has 4 N–H and O–H groups in total. The number of rotatable bonds is 4. The van der Waals surface area contributed by atoms with E-state index in [4.69, 9.17) is 5.73 Å². The Morgan fingerprint density at radius 1 is 1.56 bits per heavy atom. The third-order valence-electron chi connectivity index (χ3n) is 2.76. The van der Waals surface area contributed by atoms with Gasteiger partial charge in [0.05, 0.1) is 21.6 Å². The van der Waals surface area contributed by atoms with Crippen molar-refractivity contribution in [1.82, 2.24) is 4.90 Å². The lowest BCUT2D eigenvalue weighted by Gasteiger charge is -2.43. The Kier molecular flexibility index (Phi) is 3.63. The van der Waals surface area contributed by atoms with Crippen molar-refractivity contribution < 1.29 is 19.8 Å². The number of nitrogens with zero attached hydrogens (tertiary/aromatic N) is 1. The molecule has 1 saturated heterocycles. The summed E-state index contributed by atoms with van der Waals surface area (Å²) in [5.41, 5.74) is 5.64. The second-order valence-electron chi connectivity index (χ2n) is 4.25. The van der Waals surface area contributed by atoms with Gasteiger partial charge in [-0.15, -0.1) is 0 Å². The van der Waals surface area contributed by atoms with Crippen molar-refractivity contribution in [3.63, 3.8) is 0 Å². The number of aliphatic hydroxyl groups excluding tert-OH is 1. The predicted octanol–water partition coefficient (Wildman–Crippen LogP) is 0.190. The Hall–Kier alpha value is -0.700. The molecule has 4 atom stereocenters. The Labute approximate surface area is 113 Å². The van der Waals surface area contributed by atoms with Crippen LogP contribution in [0.25, 0.3) is 0 Å². The number of aliphatic carboxylic acids is 1. The Bertz CT molecular complexity index is 436. The van der Waals surface area contributed by atoms with Gasteiger partial charge in [-0.2, -0.15) is 0 Å². The molecule has 2 rings (SSSR count). The Morgan fingerprint density at radius 3 is 2.61 bits per heavy atom. The second kappa shape index (κ2) is 4.76. The summed E-state index contributed by atoms with van der Waals surface area (Å²) in [5.74, 6) is -2.00. The molecule has 0 saturated carbocycles. The fraction of sp³-hybridized carbons (Fsp3) is 0.600. The number of hydrogen-bond acceptors (Lipinski definition) is 6. The molecule has 2 aliphatic heterocycles. The molecule has 8 heteroatoms. The summed E-state index contributed by atoms with van der Waals surface area (Å²) in [6, 6.07) is 0. The molecule has 100 valence electrons. The molecule has 0 aromatic carbocycles. The van der Waals surface area contributed by atoms with Crippen molar-refractivity contribution in [2.75, 3.05) is 0 Å². The van der Waals surface area contributed by atoms with Gasteiger partial charge in [-0.3, -0.25) is 9.69 Å². The number of thioether (sulfide) groups is 2. The standard InChI is InChI=1S/C10H14N2O4S2/c1-3(13)5-7(14)12-6(9(15)16)10(17-4(2)11)18-8(5)12/h3-5,8,13H,11H2,1-2H3,(H,15,16)/t3?,4?,5?,8-/m1/s1. The van der Waals surface area contributed by atoms with E-state index in [1.165, 1.54) is 35.3 Å². The lowest BCUT2D eigenvalue weighted by atomic mass is 9.92. The molecule has 0 aromatic rings. The number of carboxylic acids is 1. The molecule has 1 fully saturated rings. The molecule has 3 unspecified atom stereocenters. The molecule has 1 amide bonds. The zero-order valence-electron chi connectivity index (χ0n) is 9.86. The first-order valence-electron chi connectivity index (χ1n) is 5.42. The fourth-order valence-electron chi connectivity index (χ4n) is 2.00. The summed E-state index contributed by atoms with van der Waals surface area (Å²) in [6.45, 7) is 3.29. The Morgan fingerprint density at radius 2 is 2.17 bits per heavy atom. The average molecular weight is 290 g/mol. The number of β-lactam (4-membered cyclic amide) rings is 1. The van der Waals surface area contributed by atoms with Crippen LogP contribution in [0.4, 0.5) is 0 Å². The average Bonchev–Trinajstić information content (AvgIpc) is 2.51. The normalized spacial score (nSPS) is 30.0. The highest BCUT2D eigenvalue weighted by Crippen LogP contribution is 2.54. The first-order valence-corrected chi connectivity index (χ1v) is 7.18. The molecule has 0 aromatic heterocycles. The van der Waals surface area contributed by atoms with Crippen LogP contribution in [-0.2, 0) is 9.59 Å². The van der Waals surface area contributed by atoms with Crippen LogP contribution >= 0.6 is 23.5 Å². The van der Waals surface area contributed by atoms with Crippen LogP contribution in [0.5, 0.6) is 0 Å². The van der Waals surface area contributed by atoms with Gasteiger partial charge in [-0.1, -0.05) is 23.5 Å². The van der Waals surface area contributed by atoms with E-state index in [-0.39, 0.29) is 22.4 Å². The van der Waals surface area contributed by atoms with Crippen LogP contribution in [0.15, 0.2) is 9.93 Å². The lowest BCUT2D eigenvalue weighted by Crippen LogP contribution is -2.60. The first kappa shape index (κ1) is 13.7. The first-order chi connectivity index (χ1) is 8.34.